The molecule has 1 aromatic carbocycles. The van der Waals surface area contributed by atoms with Crippen LogP contribution in [0.4, 0.5) is 5.69 Å². The monoisotopic (exact) mass is 245 g/mol. The third-order valence-electron chi connectivity index (χ3n) is 3.14. The summed E-state index contributed by atoms with van der Waals surface area (Å²) in [6.07, 6.45) is 2.03. The number of hydrogen-bond donors (Lipinski definition) is 2. The van der Waals surface area contributed by atoms with Crippen molar-refractivity contribution in [3.05, 3.63) is 29.8 Å². The summed E-state index contributed by atoms with van der Waals surface area (Å²) >= 11 is 0. The van der Waals surface area contributed by atoms with Gasteiger partial charge in [0.2, 0.25) is 0 Å². The van der Waals surface area contributed by atoms with E-state index in [-0.39, 0.29) is 0 Å². The SMILES string of the molecule is CN(CC(O)CNC1CC1)c1ccccc1C#N. The number of anilines is 1. The van der Waals surface area contributed by atoms with Gasteiger partial charge in [0.15, 0.2) is 0 Å². The molecule has 1 aromatic rings. The van der Waals surface area contributed by atoms with Gasteiger partial charge in [-0.2, -0.15) is 5.26 Å². The molecule has 4 heteroatoms. The lowest BCUT2D eigenvalue weighted by Crippen LogP contribution is -2.37. The molecular weight excluding hydrogens is 226 g/mol. The maximum Gasteiger partial charge on any atom is 0.101 e. The van der Waals surface area contributed by atoms with E-state index in [2.05, 4.69) is 11.4 Å². The summed E-state index contributed by atoms with van der Waals surface area (Å²) in [6, 6.07) is 10.2. The van der Waals surface area contributed by atoms with Crippen LogP contribution in [0, 0.1) is 11.3 Å². The van der Waals surface area contributed by atoms with Gasteiger partial charge in [-0.3, -0.25) is 0 Å². The van der Waals surface area contributed by atoms with Crippen molar-refractivity contribution in [2.75, 3.05) is 25.0 Å². The molecule has 2 rings (SSSR count). The van der Waals surface area contributed by atoms with Crippen LogP contribution in [0.1, 0.15) is 18.4 Å². The van der Waals surface area contributed by atoms with E-state index in [4.69, 9.17) is 5.26 Å². The summed E-state index contributed by atoms with van der Waals surface area (Å²) in [6.45, 7) is 1.14. The van der Waals surface area contributed by atoms with Gasteiger partial charge in [0.05, 0.1) is 17.4 Å². The Morgan fingerprint density at radius 3 is 2.89 bits per heavy atom. The Balaban J connectivity index is 1.89. The fourth-order valence-electron chi connectivity index (χ4n) is 1.97. The Morgan fingerprint density at radius 2 is 2.22 bits per heavy atom. The first-order valence-corrected chi connectivity index (χ1v) is 6.32. The second-order valence-corrected chi connectivity index (χ2v) is 4.85. The predicted molar refractivity (Wildman–Crippen MR) is 71.5 cm³/mol. The highest BCUT2D eigenvalue weighted by molar-refractivity contribution is 5.58. The van der Waals surface area contributed by atoms with Gasteiger partial charge in [0, 0.05) is 26.2 Å². The summed E-state index contributed by atoms with van der Waals surface area (Å²) < 4.78 is 0. The Hall–Kier alpha value is -1.57. The molecule has 96 valence electrons. The summed E-state index contributed by atoms with van der Waals surface area (Å²) in [7, 11) is 1.90. The van der Waals surface area contributed by atoms with Crippen molar-refractivity contribution in [3.8, 4) is 6.07 Å². The van der Waals surface area contributed by atoms with Crippen molar-refractivity contribution in [2.24, 2.45) is 0 Å². The molecule has 1 fully saturated rings. The molecule has 0 bridgehead atoms. The van der Waals surface area contributed by atoms with E-state index in [9.17, 15) is 5.11 Å². The van der Waals surface area contributed by atoms with Crippen LogP contribution in [-0.2, 0) is 0 Å². The third kappa shape index (κ3) is 3.46. The highest BCUT2D eigenvalue weighted by atomic mass is 16.3. The number of para-hydroxylation sites is 1. The van der Waals surface area contributed by atoms with Crippen LogP contribution in [0.25, 0.3) is 0 Å². The van der Waals surface area contributed by atoms with Gasteiger partial charge in [0.1, 0.15) is 6.07 Å². The predicted octanol–water partition coefficient (Wildman–Crippen LogP) is 1.11. The Morgan fingerprint density at radius 1 is 1.50 bits per heavy atom. The van der Waals surface area contributed by atoms with Crippen molar-refractivity contribution < 1.29 is 5.11 Å². The molecular formula is C14H19N3O. The average molecular weight is 245 g/mol. The quantitative estimate of drug-likeness (QED) is 0.788. The number of nitrogens with one attached hydrogen (secondary N) is 1. The summed E-state index contributed by atoms with van der Waals surface area (Å²) in [5.41, 5.74) is 1.51. The topological polar surface area (TPSA) is 59.3 Å². The van der Waals surface area contributed by atoms with E-state index in [1.165, 1.54) is 12.8 Å². The minimum Gasteiger partial charge on any atom is -0.390 e. The molecule has 0 saturated heterocycles. The molecule has 1 unspecified atom stereocenters. The van der Waals surface area contributed by atoms with Crippen molar-refractivity contribution >= 4 is 5.69 Å². The lowest BCUT2D eigenvalue weighted by Gasteiger charge is -2.23. The largest absolute Gasteiger partial charge is 0.390 e. The van der Waals surface area contributed by atoms with Gasteiger partial charge in [-0.15, -0.1) is 0 Å². The fraction of sp³-hybridized carbons (Fsp3) is 0.500. The van der Waals surface area contributed by atoms with Crippen LogP contribution in [-0.4, -0.2) is 37.4 Å². The standard InChI is InChI=1S/C14H19N3O/c1-17(10-13(18)9-16-12-6-7-12)14-5-3-2-4-11(14)8-15/h2-5,12-13,16,18H,6-7,9-10H2,1H3. The maximum atomic E-state index is 9.93. The average Bonchev–Trinajstić information content (AvgIpc) is 3.20. The van der Waals surface area contributed by atoms with Crippen molar-refractivity contribution in [3.63, 3.8) is 0 Å². The number of aliphatic hydroxyl groups excluding tert-OH is 1. The number of nitriles is 1. The molecule has 1 aliphatic rings. The highest BCUT2D eigenvalue weighted by Crippen LogP contribution is 2.19. The summed E-state index contributed by atoms with van der Waals surface area (Å²) in [5.74, 6) is 0. The van der Waals surface area contributed by atoms with Gasteiger partial charge < -0.3 is 15.3 Å². The first-order chi connectivity index (χ1) is 8.70. The molecule has 0 spiro atoms. The Bertz CT molecular complexity index is 437. The molecule has 18 heavy (non-hydrogen) atoms. The zero-order valence-electron chi connectivity index (χ0n) is 10.6. The number of benzene rings is 1. The van der Waals surface area contributed by atoms with E-state index >= 15 is 0 Å². The van der Waals surface area contributed by atoms with Crippen LogP contribution in [0.15, 0.2) is 24.3 Å². The molecule has 0 heterocycles. The van der Waals surface area contributed by atoms with Crippen LogP contribution < -0.4 is 10.2 Å². The van der Waals surface area contributed by atoms with Crippen molar-refractivity contribution in [2.45, 2.75) is 25.0 Å². The number of likely N-dealkylation sites (N-methyl/N-ethyl adjacent to an activating group) is 1. The van der Waals surface area contributed by atoms with Gasteiger partial charge in [-0.1, -0.05) is 12.1 Å². The molecule has 0 amide bonds. The lowest BCUT2D eigenvalue weighted by atomic mass is 10.1. The first kappa shape index (κ1) is 12.9. The van der Waals surface area contributed by atoms with Crippen LogP contribution in [0.5, 0.6) is 0 Å². The highest BCUT2D eigenvalue weighted by Gasteiger charge is 2.21. The molecule has 1 atom stereocenters. The van der Waals surface area contributed by atoms with E-state index in [0.717, 1.165) is 5.69 Å². The van der Waals surface area contributed by atoms with Gasteiger partial charge in [-0.05, 0) is 25.0 Å². The summed E-state index contributed by atoms with van der Waals surface area (Å²) in [5, 5.41) is 22.3. The molecule has 1 aliphatic carbocycles. The maximum absolute atomic E-state index is 9.93. The first-order valence-electron chi connectivity index (χ1n) is 6.32. The van der Waals surface area contributed by atoms with Crippen LogP contribution in [0.2, 0.25) is 0 Å². The van der Waals surface area contributed by atoms with E-state index in [1.54, 1.807) is 6.07 Å². The number of nitrogens with zero attached hydrogens (tertiary/aromatic N) is 2. The van der Waals surface area contributed by atoms with Crippen molar-refractivity contribution in [1.82, 2.24) is 5.32 Å². The van der Waals surface area contributed by atoms with E-state index in [1.807, 2.05) is 30.1 Å². The van der Waals surface area contributed by atoms with E-state index < -0.39 is 6.10 Å². The molecule has 0 radical (unpaired) electrons. The fourth-order valence-corrected chi connectivity index (χ4v) is 1.97. The van der Waals surface area contributed by atoms with Gasteiger partial charge in [0.25, 0.3) is 0 Å². The minimum absolute atomic E-state index is 0.414. The number of aliphatic hydroxyl groups is 1. The summed E-state index contributed by atoms with van der Waals surface area (Å²) in [4.78, 5) is 1.93. The van der Waals surface area contributed by atoms with Crippen molar-refractivity contribution in [1.29, 1.82) is 5.26 Å². The minimum atomic E-state index is -0.414. The van der Waals surface area contributed by atoms with Crippen LogP contribution >= 0.6 is 0 Å². The van der Waals surface area contributed by atoms with Crippen LogP contribution in [0.3, 0.4) is 0 Å². The Labute approximate surface area is 108 Å². The zero-order chi connectivity index (χ0) is 13.0. The number of hydrogen-bond acceptors (Lipinski definition) is 4. The second kappa shape index (κ2) is 5.85. The van der Waals surface area contributed by atoms with Gasteiger partial charge >= 0.3 is 0 Å². The number of rotatable bonds is 6. The molecule has 1 saturated carbocycles. The molecule has 2 N–H and O–H groups in total. The zero-order valence-corrected chi connectivity index (χ0v) is 10.6. The van der Waals surface area contributed by atoms with Gasteiger partial charge in [-0.25, -0.2) is 0 Å². The second-order valence-electron chi connectivity index (χ2n) is 4.85. The smallest absolute Gasteiger partial charge is 0.101 e. The molecule has 4 nitrogen and oxygen atoms in total. The molecule has 0 aliphatic heterocycles. The molecule has 0 aromatic heterocycles. The lowest BCUT2D eigenvalue weighted by molar-refractivity contribution is 0.177. The Kier molecular flexibility index (Phi) is 4.19. The van der Waals surface area contributed by atoms with E-state index in [0.29, 0.717) is 24.7 Å². The normalized spacial score (nSPS) is 16.1. The third-order valence-corrected chi connectivity index (χ3v) is 3.14.